The largest absolute Gasteiger partial charge is 0.450 e. The molecule has 0 unspecified atom stereocenters. The Morgan fingerprint density at radius 1 is 1.12 bits per heavy atom. The number of carbonyl (C=O) groups is 2. The second-order valence-corrected chi connectivity index (χ2v) is 7.36. The average Bonchev–Trinajstić information content (AvgIpc) is 3.40. The second kappa shape index (κ2) is 6.21. The molecule has 1 saturated heterocycles. The van der Waals surface area contributed by atoms with E-state index in [-0.39, 0.29) is 23.8 Å². The fourth-order valence-corrected chi connectivity index (χ4v) is 3.62. The van der Waals surface area contributed by atoms with E-state index in [1.54, 1.807) is 0 Å². The lowest BCUT2D eigenvalue weighted by molar-refractivity contribution is -0.123. The van der Waals surface area contributed by atoms with Crippen molar-refractivity contribution in [1.82, 2.24) is 10.2 Å². The van der Waals surface area contributed by atoms with Crippen LogP contribution in [0.1, 0.15) is 47.4 Å². The van der Waals surface area contributed by atoms with Gasteiger partial charge in [0, 0.05) is 36.0 Å². The fourth-order valence-electron chi connectivity index (χ4n) is 3.62. The Morgan fingerprint density at radius 3 is 2.48 bits per heavy atom. The molecule has 5 nitrogen and oxygen atoms in total. The number of amides is 2. The molecule has 1 aliphatic carbocycles. The van der Waals surface area contributed by atoms with Gasteiger partial charge in [0.1, 0.15) is 5.58 Å². The van der Waals surface area contributed by atoms with Crippen LogP contribution in [0.15, 0.2) is 22.6 Å². The normalized spacial score (nSPS) is 18.6. The quantitative estimate of drug-likeness (QED) is 0.933. The number of likely N-dealkylation sites (tertiary alicyclic amines) is 1. The summed E-state index contributed by atoms with van der Waals surface area (Å²) in [6.45, 7) is 5.25. The van der Waals surface area contributed by atoms with Crippen molar-refractivity contribution in [3.05, 3.63) is 35.1 Å². The molecular formula is C20H24N2O3. The molecule has 0 radical (unpaired) electrons. The molecule has 2 amide bonds. The number of rotatable bonds is 3. The maximum atomic E-state index is 12.9. The summed E-state index contributed by atoms with van der Waals surface area (Å²) in [6.07, 6.45) is 3.66. The Hall–Kier alpha value is -2.30. The topological polar surface area (TPSA) is 62.6 Å². The Morgan fingerprint density at radius 2 is 1.84 bits per heavy atom. The van der Waals surface area contributed by atoms with E-state index in [1.165, 1.54) is 0 Å². The molecule has 1 aliphatic heterocycles. The van der Waals surface area contributed by atoms with Crippen LogP contribution in [0.5, 0.6) is 0 Å². The van der Waals surface area contributed by atoms with E-state index in [0.29, 0.717) is 18.8 Å². The van der Waals surface area contributed by atoms with Gasteiger partial charge in [-0.25, -0.2) is 0 Å². The number of piperidine rings is 1. The van der Waals surface area contributed by atoms with Crippen molar-refractivity contribution in [2.75, 3.05) is 13.1 Å². The van der Waals surface area contributed by atoms with E-state index in [2.05, 4.69) is 5.32 Å². The van der Waals surface area contributed by atoms with Crippen molar-refractivity contribution in [3.8, 4) is 0 Å². The van der Waals surface area contributed by atoms with Gasteiger partial charge in [-0.2, -0.15) is 0 Å². The summed E-state index contributed by atoms with van der Waals surface area (Å²) in [4.78, 5) is 26.6. The predicted octanol–water partition coefficient (Wildman–Crippen LogP) is 3.18. The number of hydrogen-bond acceptors (Lipinski definition) is 3. The molecule has 1 aromatic heterocycles. The Balaban J connectivity index is 1.44. The van der Waals surface area contributed by atoms with Crippen molar-refractivity contribution in [3.63, 3.8) is 0 Å². The first-order valence-electron chi connectivity index (χ1n) is 9.13. The van der Waals surface area contributed by atoms with Crippen LogP contribution >= 0.6 is 0 Å². The standard InChI is InChI=1S/C20H24N2O3/c1-12-4-3-5-16-13(2)18(25-17(12)16)20(24)22-10-8-15(9-11-22)21-19(23)14-6-7-14/h3-5,14-15H,6-11H2,1-2H3,(H,21,23). The van der Waals surface area contributed by atoms with Gasteiger partial charge >= 0.3 is 0 Å². The Kier molecular flexibility index (Phi) is 4.02. The zero-order chi connectivity index (χ0) is 17.6. The summed E-state index contributed by atoms with van der Waals surface area (Å²) < 4.78 is 5.91. The summed E-state index contributed by atoms with van der Waals surface area (Å²) in [5.41, 5.74) is 2.75. The first-order chi connectivity index (χ1) is 12.0. The molecule has 1 N–H and O–H groups in total. The average molecular weight is 340 g/mol. The zero-order valence-electron chi connectivity index (χ0n) is 14.8. The highest BCUT2D eigenvalue weighted by Crippen LogP contribution is 2.30. The van der Waals surface area contributed by atoms with Crippen LogP contribution in [0.25, 0.3) is 11.0 Å². The highest BCUT2D eigenvalue weighted by atomic mass is 16.3. The molecule has 4 rings (SSSR count). The van der Waals surface area contributed by atoms with Gasteiger partial charge in [0.05, 0.1) is 0 Å². The van der Waals surface area contributed by atoms with E-state index in [4.69, 9.17) is 4.42 Å². The maximum Gasteiger partial charge on any atom is 0.289 e. The molecule has 0 bridgehead atoms. The summed E-state index contributed by atoms with van der Waals surface area (Å²) >= 11 is 0. The van der Waals surface area contributed by atoms with Gasteiger partial charge in [-0.15, -0.1) is 0 Å². The minimum atomic E-state index is -0.0416. The Labute approximate surface area is 147 Å². The van der Waals surface area contributed by atoms with E-state index < -0.39 is 0 Å². The number of aryl methyl sites for hydroxylation is 2. The third-order valence-electron chi connectivity index (χ3n) is 5.43. The van der Waals surface area contributed by atoms with Crippen LogP contribution in [-0.4, -0.2) is 35.8 Å². The smallest absolute Gasteiger partial charge is 0.289 e. The van der Waals surface area contributed by atoms with Gasteiger partial charge < -0.3 is 14.6 Å². The molecule has 1 aromatic carbocycles. The highest BCUT2D eigenvalue weighted by Gasteiger charge is 2.33. The number of fused-ring (bicyclic) bond motifs is 1. The van der Waals surface area contributed by atoms with Crippen molar-refractivity contribution >= 4 is 22.8 Å². The van der Waals surface area contributed by atoms with E-state index in [1.807, 2.05) is 36.9 Å². The van der Waals surface area contributed by atoms with Crippen LogP contribution in [0.3, 0.4) is 0 Å². The van der Waals surface area contributed by atoms with Crippen molar-refractivity contribution in [2.24, 2.45) is 5.92 Å². The number of nitrogens with zero attached hydrogens (tertiary/aromatic N) is 1. The van der Waals surface area contributed by atoms with Crippen LogP contribution in [0, 0.1) is 19.8 Å². The van der Waals surface area contributed by atoms with Crippen LogP contribution in [0.4, 0.5) is 0 Å². The lowest BCUT2D eigenvalue weighted by Crippen LogP contribution is -2.47. The number of nitrogens with one attached hydrogen (secondary N) is 1. The third kappa shape index (κ3) is 3.03. The summed E-state index contributed by atoms with van der Waals surface area (Å²) in [7, 11) is 0. The number of furan rings is 1. The van der Waals surface area contributed by atoms with Gasteiger partial charge in [0.15, 0.2) is 5.76 Å². The van der Waals surface area contributed by atoms with E-state index >= 15 is 0 Å². The molecule has 0 atom stereocenters. The summed E-state index contributed by atoms with van der Waals surface area (Å²) in [5, 5.41) is 4.13. The fraction of sp³-hybridized carbons (Fsp3) is 0.500. The van der Waals surface area contributed by atoms with Gasteiger partial charge in [-0.1, -0.05) is 18.2 Å². The van der Waals surface area contributed by atoms with Gasteiger partial charge in [0.25, 0.3) is 5.91 Å². The SMILES string of the molecule is Cc1c(C(=O)N2CCC(NC(=O)C3CC3)CC2)oc2c(C)cccc12. The zero-order valence-corrected chi connectivity index (χ0v) is 14.8. The molecule has 2 aliphatic rings. The molecule has 132 valence electrons. The number of hydrogen-bond donors (Lipinski definition) is 1. The third-order valence-corrected chi connectivity index (χ3v) is 5.43. The van der Waals surface area contributed by atoms with Crippen LogP contribution in [0.2, 0.25) is 0 Å². The molecule has 2 fully saturated rings. The maximum absolute atomic E-state index is 12.9. The molecule has 25 heavy (non-hydrogen) atoms. The number of carbonyl (C=O) groups excluding carboxylic acids is 2. The van der Waals surface area contributed by atoms with Crippen molar-refractivity contribution < 1.29 is 14.0 Å². The molecule has 1 saturated carbocycles. The minimum absolute atomic E-state index is 0.0416. The predicted molar refractivity (Wildman–Crippen MR) is 95.5 cm³/mol. The van der Waals surface area contributed by atoms with E-state index in [0.717, 1.165) is 47.8 Å². The lowest BCUT2D eigenvalue weighted by atomic mass is 10.0. The minimum Gasteiger partial charge on any atom is -0.450 e. The van der Waals surface area contributed by atoms with Crippen LogP contribution in [-0.2, 0) is 4.79 Å². The lowest BCUT2D eigenvalue weighted by Gasteiger charge is -2.32. The molecule has 0 spiro atoms. The molecular weight excluding hydrogens is 316 g/mol. The summed E-state index contributed by atoms with van der Waals surface area (Å²) in [6, 6.07) is 6.17. The highest BCUT2D eigenvalue weighted by molar-refractivity contribution is 5.99. The van der Waals surface area contributed by atoms with Crippen molar-refractivity contribution in [1.29, 1.82) is 0 Å². The van der Waals surface area contributed by atoms with Gasteiger partial charge in [-0.05, 0) is 45.1 Å². The first-order valence-corrected chi connectivity index (χ1v) is 9.13. The molecule has 2 heterocycles. The Bertz CT molecular complexity index is 827. The van der Waals surface area contributed by atoms with Crippen LogP contribution < -0.4 is 5.32 Å². The molecule has 5 heteroatoms. The number of benzene rings is 1. The summed E-state index contributed by atoms with van der Waals surface area (Å²) in [5.74, 6) is 0.833. The first kappa shape index (κ1) is 16.2. The number of para-hydroxylation sites is 1. The van der Waals surface area contributed by atoms with E-state index in [9.17, 15) is 9.59 Å². The van der Waals surface area contributed by atoms with Gasteiger partial charge in [-0.3, -0.25) is 9.59 Å². The monoisotopic (exact) mass is 340 g/mol. The van der Waals surface area contributed by atoms with Gasteiger partial charge in [0.2, 0.25) is 5.91 Å². The van der Waals surface area contributed by atoms with Crippen molar-refractivity contribution in [2.45, 2.75) is 45.6 Å². The second-order valence-electron chi connectivity index (χ2n) is 7.36. The molecule has 2 aromatic rings.